The molecule has 0 saturated heterocycles. The Morgan fingerprint density at radius 2 is 1.85 bits per heavy atom. The maximum atomic E-state index is 13.2. The summed E-state index contributed by atoms with van der Waals surface area (Å²) in [5, 5.41) is 11.9. The van der Waals surface area contributed by atoms with Gasteiger partial charge in [-0.05, 0) is 41.3 Å². The van der Waals surface area contributed by atoms with Crippen LogP contribution in [0.5, 0.6) is 0 Å². The number of aliphatic hydroxyl groups excluding tert-OH is 1. The molecule has 4 heteroatoms. The van der Waals surface area contributed by atoms with Crippen molar-refractivity contribution in [2.24, 2.45) is 0 Å². The highest BCUT2D eigenvalue weighted by Crippen LogP contribution is 2.32. The van der Waals surface area contributed by atoms with Gasteiger partial charge in [-0.1, -0.05) is 29.8 Å². The first-order valence-corrected chi connectivity index (χ1v) is 7.43. The molecule has 2 aromatic carbocycles. The van der Waals surface area contributed by atoms with Crippen LogP contribution < -0.4 is 0 Å². The van der Waals surface area contributed by atoms with Crippen molar-refractivity contribution in [3.05, 3.63) is 69.8 Å². The molecule has 1 unspecified atom stereocenters. The molecule has 0 saturated carbocycles. The zero-order valence-corrected chi connectivity index (χ0v) is 12.1. The molecular formula is C16H12ClFOS. The lowest BCUT2D eigenvalue weighted by Crippen LogP contribution is -1.99. The third-order valence-electron chi connectivity index (χ3n) is 3.17. The minimum Gasteiger partial charge on any atom is -0.387 e. The van der Waals surface area contributed by atoms with E-state index in [1.165, 1.54) is 23.5 Å². The van der Waals surface area contributed by atoms with Gasteiger partial charge < -0.3 is 5.11 Å². The van der Waals surface area contributed by atoms with E-state index in [-0.39, 0.29) is 5.82 Å². The van der Waals surface area contributed by atoms with Crippen LogP contribution in [0.4, 0.5) is 4.39 Å². The average molecular weight is 307 g/mol. The summed E-state index contributed by atoms with van der Waals surface area (Å²) in [6.45, 7) is 0. The summed E-state index contributed by atoms with van der Waals surface area (Å²) in [5.41, 5.74) is 1.02. The number of hydrogen-bond acceptors (Lipinski definition) is 2. The number of hydrogen-bond donors (Lipinski definition) is 1. The summed E-state index contributed by atoms with van der Waals surface area (Å²) in [6.07, 6.45) is -0.0661. The van der Waals surface area contributed by atoms with Crippen molar-refractivity contribution in [3.63, 3.8) is 0 Å². The summed E-state index contributed by atoms with van der Waals surface area (Å²) in [5.74, 6) is -0.252. The Balaban J connectivity index is 1.84. The van der Waals surface area contributed by atoms with Gasteiger partial charge in [0.1, 0.15) is 5.82 Å². The molecule has 102 valence electrons. The second-order valence-electron chi connectivity index (χ2n) is 4.68. The van der Waals surface area contributed by atoms with E-state index in [0.29, 0.717) is 11.4 Å². The van der Waals surface area contributed by atoms with Crippen LogP contribution in [0.3, 0.4) is 0 Å². The molecule has 0 radical (unpaired) electrons. The minimum absolute atomic E-state index is 0.252. The van der Waals surface area contributed by atoms with Gasteiger partial charge in [0.15, 0.2) is 0 Å². The van der Waals surface area contributed by atoms with Gasteiger partial charge in [-0.15, -0.1) is 11.3 Å². The highest BCUT2D eigenvalue weighted by atomic mass is 35.5. The summed E-state index contributed by atoms with van der Waals surface area (Å²) in [4.78, 5) is 0.848. The van der Waals surface area contributed by atoms with Gasteiger partial charge in [-0.25, -0.2) is 4.39 Å². The third-order valence-corrected chi connectivity index (χ3v) is 4.62. The predicted octanol–water partition coefficient (Wildman–Crippen LogP) is 4.97. The Morgan fingerprint density at radius 3 is 2.60 bits per heavy atom. The zero-order chi connectivity index (χ0) is 14.1. The van der Waals surface area contributed by atoms with Crippen LogP contribution in [0.2, 0.25) is 5.02 Å². The molecule has 0 spiro atoms. The van der Waals surface area contributed by atoms with E-state index >= 15 is 0 Å². The van der Waals surface area contributed by atoms with E-state index in [0.717, 1.165) is 20.5 Å². The maximum Gasteiger partial charge on any atom is 0.124 e. The van der Waals surface area contributed by atoms with E-state index < -0.39 is 6.10 Å². The van der Waals surface area contributed by atoms with E-state index in [1.54, 1.807) is 6.07 Å². The molecule has 20 heavy (non-hydrogen) atoms. The summed E-state index contributed by atoms with van der Waals surface area (Å²) in [6, 6.07) is 14.0. The van der Waals surface area contributed by atoms with Gasteiger partial charge in [0.2, 0.25) is 0 Å². The van der Waals surface area contributed by atoms with E-state index in [1.807, 2.05) is 30.3 Å². The molecule has 1 atom stereocenters. The Morgan fingerprint density at radius 1 is 1.10 bits per heavy atom. The number of aliphatic hydroxyl groups is 1. The number of thiophene rings is 1. The maximum absolute atomic E-state index is 13.2. The molecule has 3 aromatic rings. The molecule has 1 heterocycles. The first-order chi connectivity index (χ1) is 9.61. The largest absolute Gasteiger partial charge is 0.387 e. The summed E-state index contributed by atoms with van der Waals surface area (Å²) < 4.78 is 14.0. The van der Waals surface area contributed by atoms with Crippen molar-refractivity contribution in [1.29, 1.82) is 0 Å². The van der Waals surface area contributed by atoms with Crippen molar-refractivity contribution in [3.8, 4) is 0 Å². The molecule has 0 aliphatic heterocycles. The lowest BCUT2D eigenvalue weighted by Gasteiger charge is -2.08. The van der Waals surface area contributed by atoms with E-state index in [9.17, 15) is 9.50 Å². The Labute approximate surface area is 125 Å². The van der Waals surface area contributed by atoms with Crippen molar-refractivity contribution < 1.29 is 9.50 Å². The molecular weight excluding hydrogens is 295 g/mol. The zero-order valence-electron chi connectivity index (χ0n) is 10.5. The molecule has 0 amide bonds. The van der Waals surface area contributed by atoms with Gasteiger partial charge in [-0.3, -0.25) is 0 Å². The number of halogens is 2. The molecule has 1 nitrogen and oxygen atoms in total. The molecule has 1 N–H and O–H groups in total. The van der Waals surface area contributed by atoms with Crippen LogP contribution in [0, 0.1) is 5.82 Å². The lowest BCUT2D eigenvalue weighted by molar-refractivity contribution is 0.182. The molecule has 0 bridgehead atoms. The standard InChI is InChI=1S/C16H12ClFOS/c17-12-4-1-10(2-5-12)7-14(19)16-8-11-3-6-13(18)9-15(11)20-16/h1-6,8-9,14,19H,7H2. The molecule has 0 fully saturated rings. The van der Waals surface area contributed by atoms with Gasteiger partial charge in [0.05, 0.1) is 6.10 Å². The lowest BCUT2D eigenvalue weighted by atomic mass is 10.1. The van der Waals surface area contributed by atoms with Crippen LogP contribution in [0.25, 0.3) is 10.1 Å². The van der Waals surface area contributed by atoms with Crippen LogP contribution in [-0.4, -0.2) is 5.11 Å². The first-order valence-electron chi connectivity index (χ1n) is 6.23. The van der Waals surface area contributed by atoms with Crippen LogP contribution in [0.15, 0.2) is 48.5 Å². The summed E-state index contributed by atoms with van der Waals surface area (Å²) >= 11 is 7.26. The van der Waals surface area contributed by atoms with E-state index in [2.05, 4.69) is 0 Å². The fourth-order valence-corrected chi connectivity index (χ4v) is 3.34. The first kappa shape index (κ1) is 13.6. The van der Waals surface area contributed by atoms with Crippen LogP contribution in [-0.2, 0) is 6.42 Å². The van der Waals surface area contributed by atoms with Gasteiger partial charge >= 0.3 is 0 Å². The quantitative estimate of drug-likeness (QED) is 0.724. The summed E-state index contributed by atoms with van der Waals surface area (Å²) in [7, 11) is 0. The van der Waals surface area contributed by atoms with Crippen molar-refractivity contribution >= 4 is 33.0 Å². The smallest absolute Gasteiger partial charge is 0.124 e. The normalized spacial score (nSPS) is 12.8. The number of rotatable bonds is 3. The van der Waals surface area contributed by atoms with Gasteiger partial charge in [0.25, 0.3) is 0 Å². The van der Waals surface area contributed by atoms with Crippen molar-refractivity contribution in [1.82, 2.24) is 0 Å². The highest BCUT2D eigenvalue weighted by molar-refractivity contribution is 7.19. The van der Waals surface area contributed by atoms with E-state index in [4.69, 9.17) is 11.6 Å². The monoisotopic (exact) mass is 306 g/mol. The fourth-order valence-electron chi connectivity index (χ4n) is 2.13. The molecule has 0 aliphatic rings. The predicted molar refractivity (Wildman–Crippen MR) is 81.9 cm³/mol. The second kappa shape index (κ2) is 5.52. The molecule has 3 rings (SSSR count). The van der Waals surface area contributed by atoms with Crippen LogP contribution in [0.1, 0.15) is 16.5 Å². The van der Waals surface area contributed by atoms with Crippen LogP contribution >= 0.6 is 22.9 Å². The number of fused-ring (bicyclic) bond motifs is 1. The minimum atomic E-state index is -0.586. The Kier molecular flexibility index (Phi) is 3.74. The molecule has 1 aromatic heterocycles. The van der Waals surface area contributed by atoms with Gasteiger partial charge in [0, 0.05) is 21.0 Å². The third kappa shape index (κ3) is 2.85. The van der Waals surface area contributed by atoms with Crippen molar-refractivity contribution in [2.45, 2.75) is 12.5 Å². The van der Waals surface area contributed by atoms with Gasteiger partial charge in [-0.2, -0.15) is 0 Å². The Hall–Kier alpha value is -1.42. The topological polar surface area (TPSA) is 20.2 Å². The Bertz CT molecular complexity index is 736. The highest BCUT2D eigenvalue weighted by Gasteiger charge is 2.12. The average Bonchev–Trinajstić information content (AvgIpc) is 2.84. The molecule has 0 aliphatic carbocycles. The number of benzene rings is 2. The van der Waals surface area contributed by atoms with Crippen molar-refractivity contribution in [2.75, 3.05) is 0 Å². The second-order valence-corrected chi connectivity index (χ2v) is 6.23. The fraction of sp³-hybridized carbons (Fsp3) is 0.125. The SMILES string of the molecule is OC(Cc1ccc(Cl)cc1)c1cc2ccc(F)cc2s1.